The zero-order chi connectivity index (χ0) is 27.6. The van der Waals surface area contributed by atoms with Crippen LogP contribution in [0.25, 0.3) is 65.0 Å². The predicted octanol–water partition coefficient (Wildman–Crippen LogP) is 11.7. The average molecular weight is 536 g/mol. The van der Waals surface area contributed by atoms with Crippen molar-refractivity contribution in [3.8, 4) is 0 Å². The maximum absolute atomic E-state index is 6.66. The second-order valence-corrected chi connectivity index (χ2v) is 10.9. The molecule has 2 nitrogen and oxygen atoms in total. The average Bonchev–Trinajstić information content (AvgIpc) is 3.44. The molecule has 0 saturated heterocycles. The van der Waals surface area contributed by atoms with Crippen LogP contribution in [0.1, 0.15) is 0 Å². The van der Waals surface area contributed by atoms with E-state index in [0.717, 1.165) is 39.0 Å². The van der Waals surface area contributed by atoms with Gasteiger partial charge in [0, 0.05) is 21.5 Å². The lowest BCUT2D eigenvalue weighted by molar-refractivity contribution is 0.669. The van der Waals surface area contributed by atoms with Crippen LogP contribution in [0.2, 0.25) is 0 Å². The van der Waals surface area contributed by atoms with Crippen molar-refractivity contribution >= 4 is 82.1 Å². The molecular formula is C40H25NO. The van der Waals surface area contributed by atoms with Crippen LogP contribution in [-0.2, 0) is 0 Å². The van der Waals surface area contributed by atoms with Crippen molar-refractivity contribution in [3.63, 3.8) is 0 Å². The Morgan fingerprint density at radius 3 is 1.38 bits per heavy atom. The zero-order valence-electron chi connectivity index (χ0n) is 22.8. The number of hydrogen-bond acceptors (Lipinski definition) is 2. The molecule has 9 rings (SSSR count). The highest BCUT2D eigenvalue weighted by Gasteiger charge is 2.24. The Bertz CT molecular complexity index is 2370. The van der Waals surface area contributed by atoms with Crippen LogP contribution in [0, 0.1) is 0 Å². The Hall–Kier alpha value is -5.60. The van der Waals surface area contributed by atoms with Crippen molar-refractivity contribution in [2.45, 2.75) is 0 Å². The Morgan fingerprint density at radius 2 is 0.786 bits per heavy atom. The third-order valence-corrected chi connectivity index (χ3v) is 8.60. The summed E-state index contributed by atoms with van der Waals surface area (Å²) in [6.45, 7) is 0. The summed E-state index contributed by atoms with van der Waals surface area (Å²) in [5.41, 5.74) is 5.04. The number of nitrogens with zero attached hydrogens (tertiary/aromatic N) is 1. The van der Waals surface area contributed by atoms with E-state index in [1.54, 1.807) is 0 Å². The van der Waals surface area contributed by atoms with Crippen molar-refractivity contribution in [1.82, 2.24) is 0 Å². The molecule has 0 aliphatic carbocycles. The molecule has 2 heteroatoms. The molecule has 0 saturated carbocycles. The molecule has 0 atom stereocenters. The molecule has 0 unspecified atom stereocenters. The van der Waals surface area contributed by atoms with Crippen LogP contribution in [0.3, 0.4) is 0 Å². The summed E-state index contributed by atoms with van der Waals surface area (Å²) >= 11 is 0. The minimum absolute atomic E-state index is 0.883. The molecule has 0 amide bonds. The molecule has 0 spiro atoms. The van der Waals surface area contributed by atoms with Gasteiger partial charge >= 0.3 is 0 Å². The van der Waals surface area contributed by atoms with Gasteiger partial charge in [-0.2, -0.15) is 0 Å². The lowest BCUT2D eigenvalue weighted by atomic mass is 9.96. The van der Waals surface area contributed by atoms with Crippen LogP contribution >= 0.6 is 0 Å². The van der Waals surface area contributed by atoms with Gasteiger partial charge in [0.1, 0.15) is 5.58 Å². The fourth-order valence-corrected chi connectivity index (χ4v) is 6.74. The van der Waals surface area contributed by atoms with Crippen molar-refractivity contribution in [1.29, 1.82) is 0 Å². The molecule has 0 radical (unpaired) electrons. The summed E-state index contributed by atoms with van der Waals surface area (Å²) in [5.74, 6) is 0. The Kier molecular flexibility index (Phi) is 4.93. The van der Waals surface area contributed by atoms with E-state index < -0.39 is 0 Å². The second kappa shape index (κ2) is 8.95. The van der Waals surface area contributed by atoms with E-state index in [1.165, 1.54) is 43.1 Å². The summed E-state index contributed by atoms with van der Waals surface area (Å²) < 4.78 is 6.66. The van der Waals surface area contributed by atoms with Gasteiger partial charge in [0.15, 0.2) is 5.58 Å². The van der Waals surface area contributed by atoms with Crippen LogP contribution in [0.15, 0.2) is 156 Å². The first-order valence-corrected chi connectivity index (χ1v) is 14.4. The summed E-state index contributed by atoms with van der Waals surface area (Å²) in [7, 11) is 0. The molecule has 42 heavy (non-hydrogen) atoms. The number of rotatable bonds is 3. The number of benzene rings is 8. The zero-order valence-corrected chi connectivity index (χ0v) is 22.8. The molecule has 8 aromatic carbocycles. The first kappa shape index (κ1) is 23.1. The fourth-order valence-electron chi connectivity index (χ4n) is 6.74. The Labute approximate surface area is 242 Å². The lowest BCUT2D eigenvalue weighted by Crippen LogP contribution is -2.11. The number of fused-ring (bicyclic) bond motifs is 9. The topological polar surface area (TPSA) is 16.4 Å². The summed E-state index contributed by atoms with van der Waals surface area (Å²) in [6.07, 6.45) is 0. The number of furan rings is 1. The Morgan fingerprint density at radius 1 is 0.333 bits per heavy atom. The van der Waals surface area contributed by atoms with Crippen LogP contribution in [0.4, 0.5) is 17.1 Å². The van der Waals surface area contributed by atoms with Crippen molar-refractivity contribution in [2.75, 3.05) is 4.90 Å². The molecule has 0 aliphatic heterocycles. The smallest absolute Gasteiger partial charge is 0.159 e. The molecule has 1 aromatic heterocycles. The minimum atomic E-state index is 0.883. The van der Waals surface area contributed by atoms with Gasteiger partial charge in [0.25, 0.3) is 0 Å². The minimum Gasteiger partial charge on any atom is -0.454 e. The third kappa shape index (κ3) is 3.33. The van der Waals surface area contributed by atoms with Gasteiger partial charge in [0.05, 0.1) is 17.1 Å². The number of para-hydroxylation sites is 2. The van der Waals surface area contributed by atoms with Gasteiger partial charge in [0.2, 0.25) is 0 Å². The van der Waals surface area contributed by atoms with Gasteiger partial charge < -0.3 is 9.32 Å². The van der Waals surface area contributed by atoms with E-state index in [9.17, 15) is 0 Å². The number of hydrogen-bond donors (Lipinski definition) is 0. The molecule has 0 bridgehead atoms. The fraction of sp³-hybridized carbons (Fsp3) is 0. The quantitative estimate of drug-likeness (QED) is 0.209. The standard InChI is InChI=1S/C40H25NO/c1-3-14-28-26(12-1)24-37(32-18-7-5-16-30(28)32)41(36-22-11-21-35-34-20-9-10-23-39(34)42-40(35)36)38-25-27-13-2-4-15-29(27)31-17-6-8-19-33(31)38/h1-25H. The maximum Gasteiger partial charge on any atom is 0.159 e. The third-order valence-electron chi connectivity index (χ3n) is 8.60. The normalized spacial score (nSPS) is 11.8. The Balaban J connectivity index is 1.48. The highest BCUT2D eigenvalue weighted by Crippen LogP contribution is 2.48. The van der Waals surface area contributed by atoms with Crippen LogP contribution in [-0.4, -0.2) is 0 Å². The molecule has 1 heterocycles. The second-order valence-electron chi connectivity index (χ2n) is 10.9. The van der Waals surface area contributed by atoms with Gasteiger partial charge in [-0.25, -0.2) is 0 Å². The van der Waals surface area contributed by atoms with Crippen LogP contribution in [0.5, 0.6) is 0 Å². The van der Waals surface area contributed by atoms with Gasteiger partial charge in [-0.1, -0.05) is 127 Å². The highest BCUT2D eigenvalue weighted by atomic mass is 16.3. The largest absolute Gasteiger partial charge is 0.454 e. The molecule has 196 valence electrons. The van der Waals surface area contributed by atoms with Crippen molar-refractivity contribution in [3.05, 3.63) is 152 Å². The monoisotopic (exact) mass is 535 g/mol. The molecule has 0 N–H and O–H groups in total. The number of anilines is 3. The summed E-state index contributed by atoms with van der Waals surface area (Å²) in [4.78, 5) is 2.42. The summed E-state index contributed by atoms with van der Waals surface area (Å²) in [5, 5.41) is 12.0. The first-order valence-electron chi connectivity index (χ1n) is 14.4. The van der Waals surface area contributed by atoms with E-state index >= 15 is 0 Å². The maximum atomic E-state index is 6.66. The van der Waals surface area contributed by atoms with Gasteiger partial charge in [-0.3, -0.25) is 0 Å². The van der Waals surface area contributed by atoms with Gasteiger partial charge in [-0.05, 0) is 56.6 Å². The molecule has 0 aliphatic rings. The highest BCUT2D eigenvalue weighted by molar-refractivity contribution is 6.20. The van der Waals surface area contributed by atoms with E-state index in [1.807, 2.05) is 6.07 Å². The molecule has 9 aromatic rings. The molecular weight excluding hydrogens is 510 g/mol. The lowest BCUT2D eigenvalue weighted by Gasteiger charge is -2.29. The van der Waals surface area contributed by atoms with E-state index in [0.29, 0.717) is 0 Å². The first-order chi connectivity index (χ1) is 20.8. The SMILES string of the molecule is c1ccc2c(c1)cc(N(c1cc3ccccc3c3ccccc13)c1cccc3c1oc1ccccc13)c1ccccc12. The predicted molar refractivity (Wildman–Crippen MR) is 178 cm³/mol. The van der Waals surface area contributed by atoms with E-state index in [4.69, 9.17) is 4.42 Å². The summed E-state index contributed by atoms with van der Waals surface area (Å²) in [6, 6.07) is 54.4. The van der Waals surface area contributed by atoms with E-state index in [-0.39, 0.29) is 0 Å². The van der Waals surface area contributed by atoms with Crippen LogP contribution < -0.4 is 4.90 Å². The van der Waals surface area contributed by atoms with Gasteiger partial charge in [-0.15, -0.1) is 0 Å². The van der Waals surface area contributed by atoms with E-state index in [2.05, 4.69) is 150 Å². The van der Waals surface area contributed by atoms with Crippen molar-refractivity contribution in [2.24, 2.45) is 0 Å². The molecule has 0 fully saturated rings. The van der Waals surface area contributed by atoms with Crippen molar-refractivity contribution < 1.29 is 4.42 Å².